The Morgan fingerprint density at radius 2 is 1.64 bits per heavy atom. The van der Waals surface area contributed by atoms with Gasteiger partial charge in [0.25, 0.3) is 0 Å². The highest BCUT2D eigenvalue weighted by atomic mass is 32.2. The summed E-state index contributed by atoms with van der Waals surface area (Å²) in [5.74, 6) is 3.12. The summed E-state index contributed by atoms with van der Waals surface area (Å²) >= 11 is 1.95. The molecule has 1 aliphatic heterocycles. The zero-order valence-corrected chi connectivity index (χ0v) is 20.1. The number of aliphatic imine (C=N–C) groups is 1. The van der Waals surface area contributed by atoms with Crippen LogP contribution in [0.15, 0.2) is 40.4 Å². The molecule has 0 bridgehead atoms. The molecule has 0 aliphatic carbocycles. The van der Waals surface area contributed by atoms with Gasteiger partial charge in [-0.25, -0.2) is 4.99 Å². The van der Waals surface area contributed by atoms with Crippen LogP contribution < -0.4 is 4.74 Å². The Morgan fingerprint density at radius 3 is 2.18 bits per heavy atom. The highest BCUT2D eigenvalue weighted by Crippen LogP contribution is 2.48. The molecule has 1 aromatic carbocycles. The van der Waals surface area contributed by atoms with E-state index in [1.807, 2.05) is 23.9 Å². The summed E-state index contributed by atoms with van der Waals surface area (Å²) in [6.45, 7) is 14.5. The van der Waals surface area contributed by atoms with Crippen LogP contribution in [-0.4, -0.2) is 25.8 Å². The van der Waals surface area contributed by atoms with Crippen molar-refractivity contribution in [1.82, 2.24) is 4.23 Å². The number of fused-ring (bicyclic) bond motifs is 1. The van der Waals surface area contributed by atoms with Gasteiger partial charge in [-0.2, -0.15) is 0 Å². The van der Waals surface area contributed by atoms with E-state index < -0.39 is 8.24 Å². The van der Waals surface area contributed by atoms with E-state index in [0.717, 1.165) is 17.9 Å². The van der Waals surface area contributed by atoms with Crippen LogP contribution in [0.3, 0.4) is 0 Å². The molecule has 0 saturated heterocycles. The van der Waals surface area contributed by atoms with Crippen molar-refractivity contribution in [1.29, 1.82) is 0 Å². The molecule has 0 atom stereocenters. The maximum absolute atomic E-state index is 5.28. The van der Waals surface area contributed by atoms with Crippen LogP contribution in [-0.2, 0) is 12.2 Å². The summed E-state index contributed by atoms with van der Waals surface area (Å²) in [4.78, 5) is 6.26. The van der Waals surface area contributed by atoms with Crippen molar-refractivity contribution in [2.75, 3.05) is 7.11 Å². The molecular formula is C23H34N2OSSi. The lowest BCUT2D eigenvalue weighted by atomic mass is 10.2. The summed E-state index contributed by atoms with van der Waals surface area (Å²) in [5, 5.41) is 0. The van der Waals surface area contributed by atoms with Gasteiger partial charge in [0.2, 0.25) is 0 Å². The van der Waals surface area contributed by atoms with Gasteiger partial charge in [0.1, 0.15) is 11.6 Å². The third kappa shape index (κ3) is 3.59. The van der Waals surface area contributed by atoms with Crippen LogP contribution in [0.25, 0.3) is 0 Å². The van der Waals surface area contributed by atoms with Gasteiger partial charge >= 0.3 is 0 Å². The molecular weight excluding hydrogens is 380 g/mol. The summed E-state index contributed by atoms with van der Waals surface area (Å²) in [6.07, 6.45) is 5.51. The van der Waals surface area contributed by atoms with E-state index in [-0.39, 0.29) is 0 Å². The van der Waals surface area contributed by atoms with Gasteiger partial charge in [-0.1, -0.05) is 53.7 Å². The number of thioether (sulfide) groups is 1. The Labute approximate surface area is 175 Å². The largest absolute Gasteiger partial charge is 0.497 e. The predicted molar refractivity (Wildman–Crippen MR) is 125 cm³/mol. The molecule has 3 nitrogen and oxygen atoms in total. The molecule has 152 valence electrons. The van der Waals surface area contributed by atoms with E-state index in [9.17, 15) is 0 Å². The average molecular weight is 415 g/mol. The fourth-order valence-corrected chi connectivity index (χ4v) is 12.9. The van der Waals surface area contributed by atoms with Crippen LogP contribution in [0.4, 0.5) is 5.82 Å². The Balaban J connectivity index is 1.95. The van der Waals surface area contributed by atoms with Crippen molar-refractivity contribution in [2.45, 2.75) is 75.2 Å². The summed E-state index contributed by atoms with van der Waals surface area (Å²) in [5.41, 5.74) is 4.75. The number of hydrogen-bond acceptors (Lipinski definition) is 3. The minimum Gasteiger partial charge on any atom is -0.497 e. The molecule has 0 saturated carbocycles. The fourth-order valence-electron chi connectivity index (χ4n) is 5.20. The molecule has 0 unspecified atom stereocenters. The van der Waals surface area contributed by atoms with Crippen LogP contribution >= 0.6 is 11.8 Å². The van der Waals surface area contributed by atoms with Gasteiger partial charge in [0.05, 0.1) is 7.11 Å². The molecule has 2 aromatic rings. The van der Waals surface area contributed by atoms with Crippen LogP contribution in [0.1, 0.15) is 52.7 Å². The fraction of sp³-hybridized carbons (Fsp3) is 0.522. The molecule has 0 N–H and O–H groups in total. The molecule has 0 amide bonds. The van der Waals surface area contributed by atoms with Gasteiger partial charge in [-0.05, 0) is 34.3 Å². The Kier molecular flexibility index (Phi) is 6.45. The number of methoxy groups -OCH3 is 1. The monoisotopic (exact) mass is 414 g/mol. The first-order valence-electron chi connectivity index (χ1n) is 10.3. The highest BCUT2D eigenvalue weighted by molar-refractivity contribution is 7.98. The third-order valence-electron chi connectivity index (χ3n) is 6.30. The molecule has 1 aromatic heterocycles. The van der Waals surface area contributed by atoms with E-state index >= 15 is 0 Å². The van der Waals surface area contributed by atoms with Gasteiger partial charge in [-0.3, -0.25) is 0 Å². The Bertz CT molecular complexity index is 815. The molecule has 28 heavy (non-hydrogen) atoms. The smallest absolute Gasteiger partial charge is 0.171 e. The van der Waals surface area contributed by atoms with Gasteiger partial charge in [0, 0.05) is 35.0 Å². The standard InChI is InChI=1S/C23H34N2OSSi/c1-16(2)28(17(3)4,18(5)6)25-14-22(21-12-13-24-23(21)25)27-15-19-8-10-20(26-7)11-9-19/h8-11,13-14,16-18H,12,15H2,1-7H3. The number of hydrogen-bond donors (Lipinski definition) is 0. The van der Waals surface area contributed by atoms with Crippen molar-refractivity contribution in [2.24, 2.45) is 4.99 Å². The van der Waals surface area contributed by atoms with Crippen molar-refractivity contribution >= 4 is 32.0 Å². The molecule has 3 rings (SSSR count). The number of nitrogens with zero attached hydrogens (tertiary/aromatic N) is 2. The normalized spacial score (nSPS) is 13.8. The minimum atomic E-state index is -1.79. The molecule has 0 fully saturated rings. The molecule has 5 heteroatoms. The molecule has 0 radical (unpaired) electrons. The average Bonchev–Trinajstić information content (AvgIpc) is 3.24. The van der Waals surface area contributed by atoms with Crippen molar-refractivity contribution < 1.29 is 4.74 Å². The van der Waals surface area contributed by atoms with E-state index in [4.69, 9.17) is 9.73 Å². The zero-order chi connectivity index (χ0) is 20.5. The van der Waals surface area contributed by atoms with Gasteiger partial charge in [-0.15, -0.1) is 11.8 Å². The highest BCUT2D eigenvalue weighted by Gasteiger charge is 2.47. The van der Waals surface area contributed by atoms with Crippen molar-refractivity contribution in [3.05, 3.63) is 41.6 Å². The third-order valence-corrected chi connectivity index (χ3v) is 14.2. The number of rotatable bonds is 8. The Morgan fingerprint density at radius 1 is 1.04 bits per heavy atom. The quantitative estimate of drug-likeness (QED) is 0.341. The van der Waals surface area contributed by atoms with Crippen molar-refractivity contribution in [3.63, 3.8) is 0 Å². The lowest BCUT2D eigenvalue weighted by molar-refractivity contribution is 0.414. The van der Waals surface area contributed by atoms with Gasteiger partial charge < -0.3 is 8.97 Å². The first kappa shape index (κ1) is 21.3. The first-order valence-corrected chi connectivity index (χ1v) is 13.5. The molecule has 2 heterocycles. The van der Waals surface area contributed by atoms with Crippen LogP contribution in [0.2, 0.25) is 16.6 Å². The molecule has 0 spiro atoms. The summed E-state index contributed by atoms with van der Waals surface area (Å²) < 4.78 is 7.93. The topological polar surface area (TPSA) is 26.5 Å². The van der Waals surface area contributed by atoms with E-state index in [2.05, 4.69) is 70.3 Å². The maximum Gasteiger partial charge on any atom is 0.171 e. The second-order valence-electron chi connectivity index (χ2n) is 8.67. The lowest BCUT2D eigenvalue weighted by Crippen LogP contribution is -2.51. The second-order valence-corrected chi connectivity index (χ2v) is 15.4. The van der Waals surface area contributed by atoms with Crippen molar-refractivity contribution in [3.8, 4) is 5.75 Å². The number of ether oxygens (including phenoxy) is 1. The van der Waals surface area contributed by atoms with E-state index in [0.29, 0.717) is 16.6 Å². The number of aromatic nitrogens is 1. The zero-order valence-electron chi connectivity index (χ0n) is 18.3. The Hall–Kier alpha value is -1.46. The number of benzene rings is 1. The van der Waals surface area contributed by atoms with E-state index in [1.54, 1.807) is 7.11 Å². The second kappa shape index (κ2) is 8.50. The summed E-state index contributed by atoms with van der Waals surface area (Å²) in [7, 11) is -0.0750. The lowest BCUT2D eigenvalue weighted by Gasteiger charge is -2.44. The van der Waals surface area contributed by atoms with Gasteiger partial charge in [0.15, 0.2) is 8.24 Å². The van der Waals surface area contributed by atoms with E-state index in [1.165, 1.54) is 21.8 Å². The van der Waals surface area contributed by atoms with Crippen LogP contribution in [0.5, 0.6) is 5.75 Å². The SMILES string of the molecule is COc1ccc(CSc2cn([Si](C(C)C)(C(C)C)C(C)C)c3c2CC=N3)cc1. The molecule has 1 aliphatic rings. The summed E-state index contributed by atoms with van der Waals surface area (Å²) in [6, 6.07) is 8.41. The minimum absolute atomic E-state index is 0.666. The van der Waals surface area contributed by atoms with Crippen LogP contribution in [0, 0.1) is 0 Å². The predicted octanol–water partition coefficient (Wildman–Crippen LogP) is 7.07. The first-order chi connectivity index (χ1) is 13.3. The maximum atomic E-state index is 5.28.